The fourth-order valence-electron chi connectivity index (χ4n) is 3.53. The number of methoxy groups -OCH3 is 1. The van der Waals surface area contributed by atoms with Crippen LogP contribution in [-0.2, 0) is 14.4 Å². The van der Waals surface area contributed by atoms with E-state index in [9.17, 15) is 28.0 Å². The predicted molar refractivity (Wildman–Crippen MR) is 146 cm³/mol. The fraction of sp³-hybridized carbons (Fsp3) is 0.111. The Kier molecular flexibility index (Phi) is 9.02. The van der Waals surface area contributed by atoms with Crippen molar-refractivity contribution < 1.29 is 37.4 Å². The number of rotatable bonds is 9. The van der Waals surface area contributed by atoms with Crippen molar-refractivity contribution in [2.75, 3.05) is 30.9 Å². The number of ether oxygens (including phenoxy) is 2. The first-order valence-corrected chi connectivity index (χ1v) is 12.7. The number of nitrogens with one attached hydrogen (secondary N) is 2. The Morgan fingerprint density at radius 3 is 2.40 bits per heavy atom. The number of anilines is 2. The summed E-state index contributed by atoms with van der Waals surface area (Å²) >= 11 is 6.99. The lowest BCUT2D eigenvalue weighted by atomic mass is 10.1. The Morgan fingerprint density at radius 1 is 0.975 bits per heavy atom. The standard InChI is InChI=1S/C27H20ClF2N3O6S/c1-38-21-10-15(9-20(28)25(21)39-14-24(35)31-18-7-5-16(29)6-8-18)11-22-26(36)33(27(37)40-22)13-23(34)32-19-4-2-3-17(30)12-19/h2-12H,13-14H2,1H3,(H,31,35)(H,32,34)/b22-11+. The van der Waals surface area contributed by atoms with Crippen molar-refractivity contribution >= 4 is 63.8 Å². The molecule has 1 fully saturated rings. The van der Waals surface area contributed by atoms with Gasteiger partial charge in [0, 0.05) is 11.4 Å². The summed E-state index contributed by atoms with van der Waals surface area (Å²) in [6.45, 7) is -0.987. The summed E-state index contributed by atoms with van der Waals surface area (Å²) in [4.78, 5) is 50.6. The van der Waals surface area contributed by atoms with Crippen LogP contribution in [0, 0.1) is 11.6 Å². The van der Waals surface area contributed by atoms with Crippen LogP contribution >= 0.6 is 23.4 Å². The van der Waals surface area contributed by atoms with Gasteiger partial charge in [0.25, 0.3) is 17.1 Å². The van der Waals surface area contributed by atoms with Gasteiger partial charge in [-0.15, -0.1) is 0 Å². The summed E-state index contributed by atoms with van der Waals surface area (Å²) in [6.07, 6.45) is 1.40. The molecule has 0 unspecified atom stereocenters. The van der Waals surface area contributed by atoms with Gasteiger partial charge in [-0.1, -0.05) is 17.7 Å². The predicted octanol–water partition coefficient (Wildman–Crippen LogP) is 5.32. The molecule has 40 heavy (non-hydrogen) atoms. The maximum Gasteiger partial charge on any atom is 0.294 e. The number of halogens is 3. The maximum atomic E-state index is 13.3. The second-order valence-electron chi connectivity index (χ2n) is 8.20. The Bertz CT molecular complexity index is 1520. The lowest BCUT2D eigenvalue weighted by molar-refractivity contribution is -0.127. The number of carbonyl (C=O) groups is 4. The van der Waals surface area contributed by atoms with E-state index in [0.29, 0.717) is 23.0 Å². The van der Waals surface area contributed by atoms with Crippen LogP contribution in [0.4, 0.5) is 25.0 Å². The van der Waals surface area contributed by atoms with E-state index in [0.717, 1.165) is 11.0 Å². The molecule has 3 aromatic carbocycles. The van der Waals surface area contributed by atoms with E-state index in [1.54, 1.807) is 0 Å². The van der Waals surface area contributed by atoms with Crippen molar-refractivity contribution in [2.45, 2.75) is 0 Å². The summed E-state index contributed by atoms with van der Waals surface area (Å²) in [5, 5.41) is 4.39. The maximum absolute atomic E-state index is 13.3. The first-order chi connectivity index (χ1) is 19.1. The number of thioether (sulfide) groups is 1. The fourth-order valence-corrected chi connectivity index (χ4v) is 4.64. The molecular formula is C27H20ClF2N3O6S. The highest BCUT2D eigenvalue weighted by Gasteiger charge is 2.36. The zero-order valence-corrected chi connectivity index (χ0v) is 22.3. The highest BCUT2D eigenvalue weighted by molar-refractivity contribution is 8.18. The Labute approximate surface area is 236 Å². The molecule has 9 nitrogen and oxygen atoms in total. The van der Waals surface area contributed by atoms with Gasteiger partial charge in [-0.05, 0) is 78.0 Å². The molecular weight excluding hydrogens is 568 g/mol. The van der Waals surface area contributed by atoms with E-state index < -0.39 is 47.7 Å². The quantitative estimate of drug-likeness (QED) is 0.326. The van der Waals surface area contributed by atoms with Gasteiger partial charge in [-0.2, -0.15) is 0 Å². The number of benzene rings is 3. The minimum Gasteiger partial charge on any atom is -0.493 e. The molecule has 0 atom stereocenters. The summed E-state index contributed by atoms with van der Waals surface area (Å²) in [7, 11) is 1.35. The van der Waals surface area contributed by atoms with Gasteiger partial charge < -0.3 is 20.1 Å². The van der Waals surface area contributed by atoms with E-state index >= 15 is 0 Å². The van der Waals surface area contributed by atoms with Gasteiger partial charge in [0.15, 0.2) is 18.1 Å². The Hall–Kier alpha value is -4.42. The molecule has 2 N–H and O–H groups in total. The van der Waals surface area contributed by atoms with Crippen molar-refractivity contribution in [1.82, 2.24) is 4.90 Å². The molecule has 0 spiro atoms. The minimum atomic E-state index is -0.697. The van der Waals surface area contributed by atoms with Gasteiger partial charge in [0.2, 0.25) is 5.91 Å². The molecule has 0 aliphatic carbocycles. The summed E-state index contributed by atoms with van der Waals surface area (Å²) in [6, 6.07) is 13.3. The largest absolute Gasteiger partial charge is 0.493 e. The second-order valence-corrected chi connectivity index (χ2v) is 9.60. The molecule has 0 bridgehead atoms. The van der Waals surface area contributed by atoms with Gasteiger partial charge in [0.05, 0.1) is 17.0 Å². The third-order valence-corrected chi connectivity index (χ3v) is 6.50. The Morgan fingerprint density at radius 2 is 1.70 bits per heavy atom. The summed E-state index contributed by atoms with van der Waals surface area (Å²) in [5.74, 6) is -2.67. The topological polar surface area (TPSA) is 114 Å². The average Bonchev–Trinajstić information content (AvgIpc) is 3.16. The van der Waals surface area contributed by atoms with E-state index in [1.807, 2.05) is 0 Å². The van der Waals surface area contributed by atoms with Gasteiger partial charge >= 0.3 is 0 Å². The van der Waals surface area contributed by atoms with E-state index in [2.05, 4.69) is 10.6 Å². The summed E-state index contributed by atoms with van der Waals surface area (Å²) in [5.41, 5.74) is 0.952. The van der Waals surface area contributed by atoms with Crippen LogP contribution in [0.5, 0.6) is 11.5 Å². The number of hydrogen-bond acceptors (Lipinski definition) is 7. The summed E-state index contributed by atoms with van der Waals surface area (Å²) < 4.78 is 37.2. The number of carbonyl (C=O) groups excluding carboxylic acids is 4. The van der Waals surface area contributed by atoms with Gasteiger partial charge in [-0.3, -0.25) is 24.1 Å². The van der Waals surface area contributed by atoms with Crippen LogP contribution < -0.4 is 20.1 Å². The van der Waals surface area contributed by atoms with Gasteiger partial charge in [0.1, 0.15) is 18.2 Å². The van der Waals surface area contributed by atoms with E-state index in [-0.39, 0.29) is 27.1 Å². The molecule has 1 aliphatic heterocycles. The lowest BCUT2D eigenvalue weighted by Crippen LogP contribution is -2.36. The molecule has 4 rings (SSSR count). The third kappa shape index (κ3) is 7.16. The molecule has 1 heterocycles. The molecule has 13 heteroatoms. The molecule has 1 aliphatic rings. The lowest BCUT2D eigenvalue weighted by Gasteiger charge is -2.14. The van der Waals surface area contributed by atoms with E-state index in [1.165, 1.54) is 67.8 Å². The average molecular weight is 588 g/mol. The molecule has 1 saturated heterocycles. The number of amides is 4. The van der Waals surface area contributed by atoms with Crippen LogP contribution in [0.3, 0.4) is 0 Å². The molecule has 3 aromatic rings. The normalized spacial score (nSPS) is 13.9. The second kappa shape index (κ2) is 12.6. The highest BCUT2D eigenvalue weighted by atomic mass is 35.5. The molecule has 0 aromatic heterocycles. The van der Waals surface area contributed by atoms with Crippen LogP contribution in [0.2, 0.25) is 5.02 Å². The number of hydrogen-bond donors (Lipinski definition) is 2. The first-order valence-electron chi connectivity index (χ1n) is 11.5. The monoisotopic (exact) mass is 587 g/mol. The van der Waals surface area contributed by atoms with Crippen LogP contribution in [0.25, 0.3) is 6.08 Å². The smallest absolute Gasteiger partial charge is 0.294 e. The zero-order chi connectivity index (χ0) is 28.8. The molecule has 4 amide bonds. The van der Waals surface area contributed by atoms with Crippen molar-refractivity contribution in [3.05, 3.63) is 87.8 Å². The van der Waals surface area contributed by atoms with Crippen molar-refractivity contribution in [2.24, 2.45) is 0 Å². The van der Waals surface area contributed by atoms with Crippen LogP contribution in [0.15, 0.2) is 65.6 Å². The molecule has 206 valence electrons. The van der Waals surface area contributed by atoms with Crippen LogP contribution in [0.1, 0.15) is 5.56 Å². The highest BCUT2D eigenvalue weighted by Crippen LogP contribution is 2.39. The molecule has 0 radical (unpaired) electrons. The van der Waals surface area contributed by atoms with Crippen molar-refractivity contribution in [3.8, 4) is 11.5 Å². The molecule has 0 saturated carbocycles. The van der Waals surface area contributed by atoms with E-state index in [4.69, 9.17) is 21.1 Å². The SMILES string of the molecule is COc1cc(/C=C2/SC(=O)N(CC(=O)Nc3cccc(F)c3)C2=O)cc(Cl)c1OCC(=O)Nc1ccc(F)cc1. The van der Waals surface area contributed by atoms with Crippen molar-refractivity contribution in [1.29, 1.82) is 0 Å². The first kappa shape index (κ1) is 28.6. The number of nitrogens with zero attached hydrogens (tertiary/aromatic N) is 1. The number of imide groups is 1. The zero-order valence-electron chi connectivity index (χ0n) is 20.7. The van der Waals surface area contributed by atoms with Crippen LogP contribution in [-0.4, -0.2) is 48.1 Å². The van der Waals surface area contributed by atoms with Gasteiger partial charge in [-0.25, -0.2) is 8.78 Å². The van der Waals surface area contributed by atoms with Crippen molar-refractivity contribution in [3.63, 3.8) is 0 Å². The third-order valence-electron chi connectivity index (χ3n) is 5.31. The minimum absolute atomic E-state index is 0.0361. The Balaban J connectivity index is 1.42.